The largest absolute Gasteiger partial charge is 0.507 e. The molecule has 6 nitrogen and oxygen atoms in total. The van der Waals surface area contributed by atoms with Crippen molar-refractivity contribution in [1.82, 2.24) is 10.3 Å². The minimum absolute atomic E-state index is 0.0351. The molecule has 0 bridgehead atoms. The molecule has 1 heterocycles. The maximum Gasteiger partial charge on any atom is 0.255 e. The summed E-state index contributed by atoms with van der Waals surface area (Å²) in [6.07, 6.45) is 3.43. The number of phenolic OH excluding ortho intramolecular Hbond substituents is 1. The molecule has 0 aliphatic rings. The second-order valence-electron chi connectivity index (χ2n) is 6.77. The zero-order chi connectivity index (χ0) is 20.8. The zero-order valence-corrected chi connectivity index (χ0v) is 16.7. The molecule has 0 radical (unpaired) electrons. The Labute approximate surface area is 170 Å². The van der Waals surface area contributed by atoms with Gasteiger partial charge in [-0.3, -0.25) is 9.78 Å². The number of carbonyl (C=O) groups is 1. The van der Waals surface area contributed by atoms with Crippen LogP contribution in [0.4, 0.5) is 0 Å². The number of amides is 1. The molecule has 1 atom stereocenters. The number of rotatable bonds is 7. The summed E-state index contributed by atoms with van der Waals surface area (Å²) in [4.78, 5) is 16.5. The maximum absolute atomic E-state index is 12.5. The molecule has 3 aromatic rings. The van der Waals surface area contributed by atoms with Crippen LogP contribution in [0.1, 0.15) is 40.0 Å². The molecule has 0 aliphatic heterocycles. The lowest BCUT2D eigenvalue weighted by Gasteiger charge is -2.18. The molecule has 150 valence electrons. The average Bonchev–Trinajstić information content (AvgIpc) is 2.72. The monoisotopic (exact) mass is 392 g/mol. The van der Waals surface area contributed by atoms with Crippen LogP contribution >= 0.6 is 0 Å². The van der Waals surface area contributed by atoms with E-state index in [1.165, 1.54) is 0 Å². The highest BCUT2D eigenvalue weighted by atomic mass is 16.5. The number of pyridine rings is 1. The fourth-order valence-corrected chi connectivity index (χ4v) is 2.90. The van der Waals surface area contributed by atoms with Gasteiger partial charge in [0, 0.05) is 12.4 Å². The van der Waals surface area contributed by atoms with Gasteiger partial charge in [0.25, 0.3) is 5.91 Å². The summed E-state index contributed by atoms with van der Waals surface area (Å²) in [5, 5.41) is 12.9. The van der Waals surface area contributed by atoms with E-state index in [9.17, 15) is 9.90 Å². The van der Waals surface area contributed by atoms with Crippen LogP contribution in [0.2, 0.25) is 0 Å². The number of nitrogens with zero attached hydrogens (tertiary/aromatic N) is 1. The Morgan fingerprint density at radius 3 is 2.55 bits per heavy atom. The number of hydrogen-bond acceptors (Lipinski definition) is 5. The normalized spacial score (nSPS) is 11.6. The van der Waals surface area contributed by atoms with E-state index < -0.39 is 0 Å². The van der Waals surface area contributed by atoms with Crippen LogP contribution in [0.15, 0.2) is 60.9 Å². The minimum Gasteiger partial charge on any atom is -0.507 e. The average molecular weight is 392 g/mol. The summed E-state index contributed by atoms with van der Waals surface area (Å²) in [5.41, 5.74) is 2.99. The van der Waals surface area contributed by atoms with Crippen LogP contribution in [-0.4, -0.2) is 23.1 Å². The molecule has 3 rings (SSSR count). The van der Waals surface area contributed by atoms with Gasteiger partial charge in [-0.05, 0) is 66.9 Å². The lowest BCUT2D eigenvalue weighted by molar-refractivity contribution is 0.0937. The van der Waals surface area contributed by atoms with E-state index in [4.69, 9.17) is 9.47 Å². The third-order valence-corrected chi connectivity index (χ3v) is 4.58. The van der Waals surface area contributed by atoms with E-state index in [1.54, 1.807) is 37.7 Å². The van der Waals surface area contributed by atoms with E-state index in [1.807, 2.05) is 44.2 Å². The van der Waals surface area contributed by atoms with Crippen molar-refractivity contribution in [2.24, 2.45) is 0 Å². The van der Waals surface area contributed by atoms with Crippen molar-refractivity contribution >= 4 is 5.91 Å². The SMILES string of the molecule is COc1cc(C(C)NC(=O)c2ccc(C)cc2O)ccc1OCc1ccncc1. The van der Waals surface area contributed by atoms with Gasteiger partial charge in [-0.15, -0.1) is 0 Å². The number of carbonyl (C=O) groups excluding carboxylic acids is 1. The predicted molar refractivity (Wildman–Crippen MR) is 110 cm³/mol. The van der Waals surface area contributed by atoms with Gasteiger partial charge in [0.05, 0.1) is 18.7 Å². The summed E-state index contributed by atoms with van der Waals surface area (Å²) in [6.45, 7) is 4.13. The number of benzene rings is 2. The number of phenols is 1. The molecule has 1 unspecified atom stereocenters. The lowest BCUT2D eigenvalue weighted by Crippen LogP contribution is -2.26. The van der Waals surface area contributed by atoms with Gasteiger partial charge >= 0.3 is 0 Å². The van der Waals surface area contributed by atoms with Crippen LogP contribution in [0, 0.1) is 6.92 Å². The van der Waals surface area contributed by atoms with Gasteiger partial charge in [0.1, 0.15) is 12.4 Å². The first kappa shape index (κ1) is 20.2. The number of nitrogens with one attached hydrogen (secondary N) is 1. The quantitative estimate of drug-likeness (QED) is 0.631. The molecule has 1 amide bonds. The summed E-state index contributed by atoms with van der Waals surface area (Å²) in [5.74, 6) is 0.817. The van der Waals surface area contributed by atoms with Crippen molar-refractivity contribution in [3.63, 3.8) is 0 Å². The van der Waals surface area contributed by atoms with Crippen molar-refractivity contribution in [2.75, 3.05) is 7.11 Å². The zero-order valence-electron chi connectivity index (χ0n) is 16.7. The topological polar surface area (TPSA) is 80.7 Å². The Bertz CT molecular complexity index is 989. The van der Waals surface area contributed by atoms with Crippen LogP contribution in [0.25, 0.3) is 0 Å². The van der Waals surface area contributed by atoms with Gasteiger partial charge in [-0.25, -0.2) is 0 Å². The molecule has 0 aliphatic carbocycles. The van der Waals surface area contributed by atoms with Gasteiger partial charge < -0.3 is 19.9 Å². The van der Waals surface area contributed by atoms with E-state index >= 15 is 0 Å². The van der Waals surface area contributed by atoms with Gasteiger partial charge in [0.2, 0.25) is 0 Å². The smallest absolute Gasteiger partial charge is 0.255 e. The van der Waals surface area contributed by atoms with Crippen molar-refractivity contribution in [1.29, 1.82) is 0 Å². The lowest BCUT2D eigenvalue weighted by atomic mass is 10.1. The van der Waals surface area contributed by atoms with Crippen LogP contribution in [-0.2, 0) is 6.61 Å². The predicted octanol–water partition coefficient (Wildman–Crippen LogP) is 4.17. The Hall–Kier alpha value is -3.54. The molecule has 2 N–H and O–H groups in total. The summed E-state index contributed by atoms with van der Waals surface area (Å²) < 4.78 is 11.3. The highest BCUT2D eigenvalue weighted by Crippen LogP contribution is 2.31. The van der Waals surface area contributed by atoms with E-state index in [2.05, 4.69) is 10.3 Å². The van der Waals surface area contributed by atoms with E-state index in [0.29, 0.717) is 18.1 Å². The van der Waals surface area contributed by atoms with Crippen LogP contribution in [0.3, 0.4) is 0 Å². The molecule has 0 saturated carbocycles. The first-order valence-corrected chi connectivity index (χ1v) is 9.28. The van der Waals surface area contributed by atoms with Crippen molar-refractivity contribution in [2.45, 2.75) is 26.5 Å². The molecule has 29 heavy (non-hydrogen) atoms. The third-order valence-electron chi connectivity index (χ3n) is 4.58. The second-order valence-corrected chi connectivity index (χ2v) is 6.77. The Morgan fingerprint density at radius 1 is 1.10 bits per heavy atom. The number of hydrogen-bond donors (Lipinski definition) is 2. The molecule has 0 spiro atoms. The Balaban J connectivity index is 1.70. The highest BCUT2D eigenvalue weighted by molar-refractivity contribution is 5.97. The molecular weight excluding hydrogens is 368 g/mol. The Kier molecular flexibility index (Phi) is 6.34. The molecule has 0 saturated heterocycles. The summed E-state index contributed by atoms with van der Waals surface area (Å²) in [7, 11) is 1.58. The first-order chi connectivity index (χ1) is 14.0. The number of ether oxygens (including phenoxy) is 2. The molecule has 1 aromatic heterocycles. The molecule has 2 aromatic carbocycles. The van der Waals surface area contributed by atoms with E-state index in [-0.39, 0.29) is 23.3 Å². The first-order valence-electron chi connectivity index (χ1n) is 9.28. The van der Waals surface area contributed by atoms with Crippen molar-refractivity contribution < 1.29 is 19.4 Å². The molecular formula is C23H24N2O4. The summed E-state index contributed by atoms with van der Waals surface area (Å²) in [6, 6.07) is 14.0. The standard InChI is InChI=1S/C23H24N2O4/c1-15-4-6-19(20(26)12-15)23(27)25-16(2)18-5-7-21(22(13-18)28-3)29-14-17-8-10-24-11-9-17/h4-13,16,26H,14H2,1-3H3,(H,25,27). The van der Waals surface area contributed by atoms with Crippen molar-refractivity contribution in [3.05, 3.63) is 83.2 Å². The number of aromatic nitrogens is 1. The Morgan fingerprint density at radius 2 is 1.86 bits per heavy atom. The second kappa shape index (κ2) is 9.10. The van der Waals surface area contributed by atoms with Crippen LogP contribution < -0.4 is 14.8 Å². The molecule has 6 heteroatoms. The van der Waals surface area contributed by atoms with Gasteiger partial charge in [0.15, 0.2) is 11.5 Å². The van der Waals surface area contributed by atoms with Gasteiger partial charge in [-0.1, -0.05) is 12.1 Å². The summed E-state index contributed by atoms with van der Waals surface area (Å²) >= 11 is 0. The maximum atomic E-state index is 12.5. The fraction of sp³-hybridized carbons (Fsp3) is 0.217. The van der Waals surface area contributed by atoms with Gasteiger partial charge in [-0.2, -0.15) is 0 Å². The minimum atomic E-state index is -0.341. The fourth-order valence-electron chi connectivity index (χ4n) is 2.90. The van der Waals surface area contributed by atoms with E-state index in [0.717, 1.165) is 16.7 Å². The molecule has 0 fully saturated rings. The third kappa shape index (κ3) is 5.04. The number of methoxy groups -OCH3 is 1. The van der Waals surface area contributed by atoms with Crippen molar-refractivity contribution in [3.8, 4) is 17.2 Å². The number of aryl methyl sites for hydroxylation is 1. The van der Waals surface area contributed by atoms with Crippen LogP contribution in [0.5, 0.6) is 17.2 Å². The highest BCUT2D eigenvalue weighted by Gasteiger charge is 2.16. The number of aromatic hydroxyl groups is 1.